The van der Waals surface area contributed by atoms with E-state index in [9.17, 15) is 9.59 Å². The molecule has 1 aromatic heterocycles. The second-order valence-corrected chi connectivity index (χ2v) is 1.98. The number of carbonyl (C=O) groups is 2. The Morgan fingerprint density at radius 1 is 1.50 bits per heavy atom. The summed E-state index contributed by atoms with van der Waals surface area (Å²) in [6.45, 7) is 1.26. The Bertz CT molecular complexity index is 249. The molecule has 0 saturated carbocycles. The van der Waals surface area contributed by atoms with E-state index in [0.29, 0.717) is 5.56 Å². The molecule has 1 rings (SSSR count). The van der Waals surface area contributed by atoms with Crippen LogP contribution in [-0.2, 0) is 4.79 Å². The van der Waals surface area contributed by atoms with Crippen molar-refractivity contribution in [3.05, 3.63) is 24.0 Å². The molecule has 52 valence electrons. The molecule has 0 aromatic carbocycles. The summed E-state index contributed by atoms with van der Waals surface area (Å²) in [5.41, 5.74) is 0.424. The molecule has 0 bridgehead atoms. The fourth-order valence-electron chi connectivity index (χ4n) is 0.668. The number of nitrogens with one attached hydrogen (secondary N) is 1. The third-order valence-electron chi connectivity index (χ3n) is 1.18. The van der Waals surface area contributed by atoms with E-state index < -0.39 is 11.6 Å². The van der Waals surface area contributed by atoms with Crippen molar-refractivity contribution in [3.63, 3.8) is 0 Å². The van der Waals surface area contributed by atoms with E-state index in [1.807, 2.05) is 0 Å². The van der Waals surface area contributed by atoms with Crippen molar-refractivity contribution < 1.29 is 9.59 Å². The van der Waals surface area contributed by atoms with Crippen LogP contribution in [0.3, 0.4) is 0 Å². The number of rotatable bonds is 2. The summed E-state index contributed by atoms with van der Waals surface area (Å²) in [5.74, 6) is -0.874. The van der Waals surface area contributed by atoms with Crippen molar-refractivity contribution >= 4 is 11.6 Å². The van der Waals surface area contributed by atoms with E-state index in [2.05, 4.69) is 4.98 Å². The molecule has 0 aliphatic heterocycles. The van der Waals surface area contributed by atoms with Gasteiger partial charge in [0.05, 0.1) is 0 Å². The first-order valence-electron chi connectivity index (χ1n) is 2.90. The molecular formula is C7H7NO2. The summed E-state index contributed by atoms with van der Waals surface area (Å²) in [4.78, 5) is 24.0. The van der Waals surface area contributed by atoms with Crippen LogP contribution in [0.15, 0.2) is 18.5 Å². The molecule has 0 radical (unpaired) electrons. The molecule has 0 aliphatic carbocycles. The quantitative estimate of drug-likeness (QED) is 0.483. The number of carbonyl (C=O) groups excluding carboxylic acids is 2. The summed E-state index contributed by atoms with van der Waals surface area (Å²) in [7, 11) is 0. The summed E-state index contributed by atoms with van der Waals surface area (Å²) in [6.07, 6.45) is 3.11. The number of Topliss-reactive ketones (excluding diaryl/α,β-unsaturated/α-hetero) is 2. The van der Waals surface area contributed by atoms with Gasteiger partial charge in [-0.05, 0) is 6.07 Å². The van der Waals surface area contributed by atoms with Gasteiger partial charge < -0.3 is 4.98 Å². The maximum atomic E-state index is 10.8. The number of H-pyrrole nitrogens is 1. The third kappa shape index (κ3) is 1.13. The van der Waals surface area contributed by atoms with Gasteiger partial charge in [-0.15, -0.1) is 0 Å². The molecule has 3 nitrogen and oxygen atoms in total. The summed E-state index contributed by atoms with van der Waals surface area (Å²) < 4.78 is 0. The van der Waals surface area contributed by atoms with Crippen LogP contribution < -0.4 is 0 Å². The molecule has 1 heterocycles. The van der Waals surface area contributed by atoms with Gasteiger partial charge in [0.15, 0.2) is 5.78 Å². The average molecular weight is 137 g/mol. The molecule has 0 amide bonds. The second-order valence-electron chi connectivity index (χ2n) is 1.98. The van der Waals surface area contributed by atoms with Crippen LogP contribution in [-0.4, -0.2) is 16.6 Å². The van der Waals surface area contributed by atoms with Crippen LogP contribution in [0.5, 0.6) is 0 Å². The summed E-state index contributed by atoms with van der Waals surface area (Å²) >= 11 is 0. The Labute approximate surface area is 58.1 Å². The fourth-order valence-corrected chi connectivity index (χ4v) is 0.668. The van der Waals surface area contributed by atoms with Gasteiger partial charge >= 0.3 is 0 Å². The van der Waals surface area contributed by atoms with Crippen LogP contribution in [0.4, 0.5) is 0 Å². The molecule has 3 heteroatoms. The monoisotopic (exact) mass is 137 g/mol. The highest BCUT2D eigenvalue weighted by Crippen LogP contribution is 1.97. The number of aromatic nitrogens is 1. The maximum absolute atomic E-state index is 10.8. The predicted octanol–water partition coefficient (Wildman–Crippen LogP) is 0.786. The lowest BCUT2D eigenvalue weighted by molar-refractivity contribution is -0.113. The lowest BCUT2D eigenvalue weighted by atomic mass is 10.2. The molecule has 0 saturated heterocycles. The van der Waals surface area contributed by atoms with Crippen LogP contribution in [0.2, 0.25) is 0 Å². The van der Waals surface area contributed by atoms with E-state index in [4.69, 9.17) is 0 Å². The first kappa shape index (κ1) is 6.74. The smallest absolute Gasteiger partial charge is 0.229 e. The zero-order valence-electron chi connectivity index (χ0n) is 5.55. The minimum Gasteiger partial charge on any atom is -0.367 e. The third-order valence-corrected chi connectivity index (χ3v) is 1.18. The van der Waals surface area contributed by atoms with E-state index in [-0.39, 0.29) is 0 Å². The van der Waals surface area contributed by atoms with Crippen LogP contribution in [0.25, 0.3) is 0 Å². The van der Waals surface area contributed by atoms with Crippen molar-refractivity contribution in [2.24, 2.45) is 0 Å². The highest BCUT2D eigenvalue weighted by atomic mass is 16.2. The Balaban J connectivity index is 2.88. The van der Waals surface area contributed by atoms with E-state index in [0.717, 1.165) is 0 Å². The van der Waals surface area contributed by atoms with Crippen molar-refractivity contribution in [3.8, 4) is 0 Å². The van der Waals surface area contributed by atoms with Gasteiger partial charge in [0.1, 0.15) is 0 Å². The Morgan fingerprint density at radius 3 is 2.60 bits per heavy atom. The Kier molecular flexibility index (Phi) is 1.67. The minimum absolute atomic E-state index is 0.424. The van der Waals surface area contributed by atoms with Crippen molar-refractivity contribution in [1.82, 2.24) is 4.98 Å². The SMILES string of the molecule is CC(=O)C(=O)c1cc[nH]c1. The largest absolute Gasteiger partial charge is 0.367 e. The van der Waals surface area contributed by atoms with Gasteiger partial charge in [-0.3, -0.25) is 9.59 Å². The lowest BCUT2D eigenvalue weighted by Gasteiger charge is -1.86. The van der Waals surface area contributed by atoms with Gasteiger partial charge in [-0.1, -0.05) is 0 Å². The first-order chi connectivity index (χ1) is 4.72. The second kappa shape index (κ2) is 2.47. The van der Waals surface area contributed by atoms with Gasteiger partial charge in [-0.2, -0.15) is 0 Å². The highest BCUT2D eigenvalue weighted by Gasteiger charge is 2.09. The number of ketones is 2. The number of hydrogen-bond donors (Lipinski definition) is 1. The van der Waals surface area contributed by atoms with Crippen molar-refractivity contribution in [2.75, 3.05) is 0 Å². The van der Waals surface area contributed by atoms with Gasteiger partial charge in [0.2, 0.25) is 5.78 Å². The number of hydrogen-bond acceptors (Lipinski definition) is 2. The molecule has 0 atom stereocenters. The molecule has 10 heavy (non-hydrogen) atoms. The summed E-state index contributed by atoms with van der Waals surface area (Å²) in [6, 6.07) is 1.57. The van der Waals surface area contributed by atoms with E-state index >= 15 is 0 Å². The molecule has 0 spiro atoms. The zero-order chi connectivity index (χ0) is 7.56. The normalized spacial score (nSPS) is 9.30. The summed E-state index contributed by atoms with van der Waals surface area (Å²) in [5, 5.41) is 0. The van der Waals surface area contributed by atoms with Crippen LogP contribution >= 0.6 is 0 Å². The van der Waals surface area contributed by atoms with Crippen molar-refractivity contribution in [1.29, 1.82) is 0 Å². The molecule has 1 N–H and O–H groups in total. The van der Waals surface area contributed by atoms with Crippen LogP contribution in [0, 0.1) is 0 Å². The Hall–Kier alpha value is -1.38. The molecule has 1 aromatic rings. The minimum atomic E-state index is -0.443. The Morgan fingerprint density at radius 2 is 2.20 bits per heavy atom. The van der Waals surface area contributed by atoms with Gasteiger partial charge in [-0.25, -0.2) is 0 Å². The standard InChI is InChI=1S/C7H7NO2/c1-5(9)7(10)6-2-3-8-4-6/h2-4,8H,1H3. The topological polar surface area (TPSA) is 49.9 Å². The molecule has 0 aliphatic rings. The maximum Gasteiger partial charge on any atom is 0.229 e. The number of aromatic amines is 1. The van der Waals surface area contributed by atoms with Crippen LogP contribution in [0.1, 0.15) is 17.3 Å². The van der Waals surface area contributed by atoms with Gasteiger partial charge in [0, 0.05) is 24.9 Å². The van der Waals surface area contributed by atoms with E-state index in [1.165, 1.54) is 13.1 Å². The predicted molar refractivity (Wildman–Crippen MR) is 35.8 cm³/mol. The highest BCUT2D eigenvalue weighted by molar-refractivity contribution is 6.42. The van der Waals surface area contributed by atoms with E-state index in [1.54, 1.807) is 12.3 Å². The molecule has 0 unspecified atom stereocenters. The van der Waals surface area contributed by atoms with Crippen molar-refractivity contribution in [2.45, 2.75) is 6.92 Å². The molecular weight excluding hydrogens is 130 g/mol. The fraction of sp³-hybridized carbons (Fsp3) is 0.143. The first-order valence-corrected chi connectivity index (χ1v) is 2.90. The van der Waals surface area contributed by atoms with Gasteiger partial charge in [0.25, 0.3) is 0 Å². The molecule has 0 fully saturated rings. The average Bonchev–Trinajstić information content (AvgIpc) is 2.36. The zero-order valence-corrected chi connectivity index (χ0v) is 5.55. The lowest BCUT2D eigenvalue weighted by Crippen LogP contribution is -2.07.